The third-order valence-electron chi connectivity index (χ3n) is 5.57. The van der Waals surface area contributed by atoms with Crippen LogP contribution in [0.25, 0.3) is 0 Å². The van der Waals surface area contributed by atoms with Crippen molar-refractivity contribution in [1.82, 2.24) is 19.9 Å². The van der Waals surface area contributed by atoms with Crippen molar-refractivity contribution in [3.8, 4) is 0 Å². The number of nitrogens with zero attached hydrogens (tertiary/aromatic N) is 4. The average molecular weight is 434 g/mol. The zero-order chi connectivity index (χ0) is 22.3. The number of rotatable bonds is 2. The van der Waals surface area contributed by atoms with Crippen molar-refractivity contribution < 1.29 is 14.3 Å². The minimum absolute atomic E-state index is 0.149. The van der Waals surface area contributed by atoms with Crippen molar-refractivity contribution in [2.75, 3.05) is 19.0 Å². The monoisotopic (exact) mass is 433 g/mol. The average Bonchev–Trinajstić information content (AvgIpc) is 3.26. The van der Waals surface area contributed by atoms with Gasteiger partial charge in [0.2, 0.25) is 0 Å². The molecular weight excluding hydrogens is 406 g/mol. The maximum atomic E-state index is 13.3. The molecule has 1 aliphatic rings. The highest BCUT2D eigenvalue weighted by molar-refractivity contribution is 5.96. The summed E-state index contributed by atoms with van der Waals surface area (Å²) in [4.78, 5) is 26.8. The van der Waals surface area contributed by atoms with E-state index < -0.39 is 5.97 Å². The molecule has 0 aliphatic carbocycles. The van der Waals surface area contributed by atoms with Crippen molar-refractivity contribution in [3.05, 3.63) is 77.1 Å². The number of hydrogen-bond acceptors (Lipinski definition) is 6. The van der Waals surface area contributed by atoms with Gasteiger partial charge in [-0.3, -0.25) is 9.59 Å². The molecule has 8 heteroatoms. The van der Waals surface area contributed by atoms with E-state index >= 15 is 0 Å². The van der Waals surface area contributed by atoms with Crippen LogP contribution in [0.15, 0.2) is 54.7 Å². The predicted molar refractivity (Wildman–Crippen MR) is 120 cm³/mol. The van der Waals surface area contributed by atoms with Crippen molar-refractivity contribution in [1.29, 1.82) is 0 Å². The van der Waals surface area contributed by atoms with E-state index in [0.717, 1.165) is 30.6 Å². The predicted octanol–water partition coefficient (Wildman–Crippen LogP) is 3.04. The van der Waals surface area contributed by atoms with Crippen LogP contribution in [-0.2, 0) is 35.6 Å². The number of esters is 1. The summed E-state index contributed by atoms with van der Waals surface area (Å²) < 4.78 is 6.63. The van der Waals surface area contributed by atoms with Crippen molar-refractivity contribution in [2.45, 2.75) is 38.9 Å². The Labute approximate surface area is 187 Å². The van der Waals surface area contributed by atoms with Gasteiger partial charge in [0.05, 0.1) is 25.5 Å². The lowest BCUT2D eigenvalue weighted by Crippen LogP contribution is -2.36. The van der Waals surface area contributed by atoms with Gasteiger partial charge < -0.3 is 15.0 Å². The van der Waals surface area contributed by atoms with Crippen molar-refractivity contribution >= 4 is 17.6 Å². The molecule has 4 rings (SSSR count). The van der Waals surface area contributed by atoms with Gasteiger partial charge in [-0.2, -0.15) is 0 Å². The summed E-state index contributed by atoms with van der Waals surface area (Å²) in [5.74, 6) is -0.727. The van der Waals surface area contributed by atoms with E-state index in [2.05, 4.69) is 39.9 Å². The molecule has 3 aromatic rings. The molecule has 0 spiro atoms. The first-order valence-electron chi connectivity index (χ1n) is 10.8. The van der Waals surface area contributed by atoms with Gasteiger partial charge in [0, 0.05) is 24.3 Å². The first-order valence-corrected chi connectivity index (χ1v) is 10.8. The molecular formula is C24H27N5O3. The smallest absolute Gasteiger partial charge is 0.325 e. The summed E-state index contributed by atoms with van der Waals surface area (Å²) in [6.07, 6.45) is 4.58. The minimum Gasteiger partial charge on any atom is -0.468 e. The number of aromatic nitrogens is 3. The fraction of sp³-hybridized carbons (Fsp3) is 0.333. The van der Waals surface area contributed by atoms with Gasteiger partial charge in [0.1, 0.15) is 6.54 Å². The van der Waals surface area contributed by atoms with Crippen LogP contribution in [0.3, 0.4) is 0 Å². The van der Waals surface area contributed by atoms with E-state index in [0.29, 0.717) is 18.7 Å². The van der Waals surface area contributed by atoms with Crippen LogP contribution >= 0.6 is 0 Å². The van der Waals surface area contributed by atoms with Gasteiger partial charge in [-0.25, -0.2) is 4.68 Å². The Hall–Kier alpha value is -3.68. The lowest BCUT2D eigenvalue weighted by atomic mass is 10.0. The first-order chi connectivity index (χ1) is 15.6. The van der Waals surface area contributed by atoms with E-state index in [1.807, 2.05) is 22.9 Å². The van der Waals surface area contributed by atoms with Crippen LogP contribution in [0.4, 0.5) is 5.69 Å². The van der Waals surface area contributed by atoms with Gasteiger partial charge in [0.15, 0.2) is 0 Å². The number of anilines is 1. The fourth-order valence-corrected chi connectivity index (χ4v) is 3.84. The molecule has 166 valence electrons. The normalized spacial score (nSPS) is 14.8. The van der Waals surface area contributed by atoms with Gasteiger partial charge in [-0.05, 0) is 48.6 Å². The van der Waals surface area contributed by atoms with E-state index in [-0.39, 0.29) is 19.0 Å². The second-order valence-electron chi connectivity index (χ2n) is 7.90. The van der Waals surface area contributed by atoms with Crippen LogP contribution in [0.1, 0.15) is 40.0 Å². The molecule has 4 bridgehead atoms. The van der Waals surface area contributed by atoms with E-state index in [1.54, 1.807) is 12.3 Å². The molecule has 0 radical (unpaired) electrons. The Bertz CT molecular complexity index is 1090. The van der Waals surface area contributed by atoms with Crippen LogP contribution in [0.5, 0.6) is 0 Å². The molecule has 1 amide bonds. The highest BCUT2D eigenvalue weighted by atomic mass is 16.5. The maximum absolute atomic E-state index is 13.3. The van der Waals surface area contributed by atoms with E-state index in [9.17, 15) is 9.59 Å². The van der Waals surface area contributed by atoms with E-state index in [4.69, 9.17) is 4.74 Å². The number of methoxy groups -OCH3 is 1. The number of benzene rings is 2. The van der Waals surface area contributed by atoms with Crippen molar-refractivity contribution in [3.63, 3.8) is 0 Å². The number of ether oxygens (including phenoxy) is 1. The third-order valence-corrected chi connectivity index (χ3v) is 5.57. The van der Waals surface area contributed by atoms with Gasteiger partial charge in [-0.1, -0.05) is 35.5 Å². The molecule has 0 atom stereocenters. The zero-order valence-corrected chi connectivity index (χ0v) is 18.2. The molecule has 0 saturated heterocycles. The number of carbonyl (C=O) groups excluding carboxylic acids is 2. The van der Waals surface area contributed by atoms with Gasteiger partial charge in [0.25, 0.3) is 5.91 Å². The quantitative estimate of drug-likeness (QED) is 0.625. The highest BCUT2D eigenvalue weighted by Crippen LogP contribution is 2.17. The molecule has 1 N–H and O–H groups in total. The fourth-order valence-electron chi connectivity index (χ4n) is 3.84. The van der Waals surface area contributed by atoms with E-state index in [1.165, 1.54) is 23.1 Å². The second kappa shape index (κ2) is 10.1. The number of fused-ring (bicyclic) bond motifs is 5. The highest BCUT2D eigenvalue weighted by Gasteiger charge is 2.22. The summed E-state index contributed by atoms with van der Waals surface area (Å²) in [5, 5.41) is 11.6. The van der Waals surface area contributed by atoms with Crippen molar-refractivity contribution in [2.24, 2.45) is 0 Å². The van der Waals surface area contributed by atoms with Crippen LogP contribution < -0.4 is 5.32 Å². The Morgan fingerprint density at radius 1 is 1.12 bits per heavy atom. The van der Waals surface area contributed by atoms with Crippen LogP contribution in [-0.4, -0.2) is 45.4 Å². The molecule has 1 aromatic heterocycles. The minimum atomic E-state index is -0.475. The largest absolute Gasteiger partial charge is 0.468 e. The molecule has 0 unspecified atom stereocenters. The molecule has 2 aromatic carbocycles. The molecule has 0 fully saturated rings. The number of nitrogens with one attached hydrogen (secondary N) is 1. The molecule has 1 aliphatic heterocycles. The summed E-state index contributed by atoms with van der Waals surface area (Å²) in [7, 11) is 1.32. The first kappa shape index (κ1) is 21.5. The zero-order valence-electron chi connectivity index (χ0n) is 18.2. The number of amides is 1. The van der Waals surface area contributed by atoms with Gasteiger partial charge >= 0.3 is 5.97 Å². The number of carbonyl (C=O) groups is 2. The standard InChI is InChI=1S/C24H27N5O3/c1-32-23(30)17-28-16-22-15-26-27-29(22)11-3-2-6-18-7-4-8-19(12-18)14-25-21-10-5-9-20(13-21)24(28)31/h4-5,7-10,12-13,15,25H,2-3,6,11,14,16-17H2,1H3. The topological polar surface area (TPSA) is 89.3 Å². The summed E-state index contributed by atoms with van der Waals surface area (Å²) in [6.45, 7) is 1.44. The Balaban J connectivity index is 1.66. The Morgan fingerprint density at radius 2 is 1.97 bits per heavy atom. The lowest BCUT2D eigenvalue weighted by molar-refractivity contribution is -0.141. The van der Waals surface area contributed by atoms with Crippen LogP contribution in [0, 0.1) is 0 Å². The molecule has 32 heavy (non-hydrogen) atoms. The maximum Gasteiger partial charge on any atom is 0.325 e. The number of hydrogen-bond donors (Lipinski definition) is 1. The number of aryl methyl sites for hydroxylation is 2. The summed E-state index contributed by atoms with van der Waals surface area (Å²) >= 11 is 0. The lowest BCUT2D eigenvalue weighted by Gasteiger charge is -2.22. The summed E-state index contributed by atoms with van der Waals surface area (Å²) in [6, 6.07) is 15.9. The Kier molecular flexibility index (Phi) is 6.79. The summed E-state index contributed by atoms with van der Waals surface area (Å²) in [5.41, 5.74) is 4.61. The Morgan fingerprint density at radius 3 is 2.84 bits per heavy atom. The van der Waals surface area contributed by atoms with Crippen LogP contribution in [0.2, 0.25) is 0 Å². The second-order valence-corrected chi connectivity index (χ2v) is 7.90. The SMILES string of the molecule is COC(=O)CN1Cc2cnnn2CCCCc2cccc(c2)CNc2cccc(c2)C1=O. The van der Waals surface area contributed by atoms with Gasteiger partial charge in [-0.15, -0.1) is 5.10 Å². The third kappa shape index (κ3) is 5.32. The molecule has 2 heterocycles. The molecule has 0 saturated carbocycles. The molecule has 8 nitrogen and oxygen atoms in total.